The van der Waals surface area contributed by atoms with Gasteiger partial charge in [0.25, 0.3) is 6.43 Å². The Labute approximate surface area is 84.0 Å². The van der Waals surface area contributed by atoms with Gasteiger partial charge in [0.05, 0.1) is 0 Å². The summed E-state index contributed by atoms with van der Waals surface area (Å²) in [6.07, 6.45) is -2.98. The first-order valence-corrected chi connectivity index (χ1v) is 4.08. The number of rotatable bonds is 2. The SMILES string of the molecule is O=c1[nH]c([N+](=O)[O-])cc(Br)c1C(F)F. The molecular formula is C6H3BrF2N2O3. The van der Waals surface area contributed by atoms with Crippen LogP contribution in [-0.4, -0.2) is 9.91 Å². The molecular weight excluding hydrogens is 266 g/mol. The molecule has 5 nitrogen and oxygen atoms in total. The Morgan fingerprint density at radius 2 is 2.14 bits per heavy atom. The fraction of sp³-hybridized carbons (Fsp3) is 0.167. The summed E-state index contributed by atoms with van der Waals surface area (Å²) in [6, 6.07) is 0.822. The van der Waals surface area contributed by atoms with Crippen molar-refractivity contribution in [3.63, 3.8) is 0 Å². The van der Waals surface area contributed by atoms with Crippen molar-refractivity contribution in [1.29, 1.82) is 0 Å². The third-order valence-electron chi connectivity index (χ3n) is 1.42. The number of nitrogens with zero attached hydrogens (tertiary/aromatic N) is 1. The number of nitro groups is 1. The van der Waals surface area contributed by atoms with Gasteiger partial charge < -0.3 is 10.1 Å². The van der Waals surface area contributed by atoms with Crippen molar-refractivity contribution in [2.24, 2.45) is 0 Å². The minimum atomic E-state index is -2.98. The summed E-state index contributed by atoms with van der Waals surface area (Å²) >= 11 is 2.66. The molecule has 1 N–H and O–H groups in total. The Hall–Kier alpha value is -1.31. The van der Waals surface area contributed by atoms with Crippen molar-refractivity contribution >= 4 is 21.7 Å². The first-order valence-electron chi connectivity index (χ1n) is 3.28. The van der Waals surface area contributed by atoms with Crippen LogP contribution in [0.1, 0.15) is 12.0 Å². The fourth-order valence-corrected chi connectivity index (χ4v) is 1.40. The molecule has 1 heterocycles. The molecule has 0 radical (unpaired) electrons. The molecule has 0 amide bonds. The van der Waals surface area contributed by atoms with Crippen molar-refractivity contribution in [3.05, 3.63) is 36.6 Å². The summed E-state index contributed by atoms with van der Waals surface area (Å²) in [5, 5.41) is 10.2. The Bertz CT molecular complexity index is 432. The van der Waals surface area contributed by atoms with Crippen molar-refractivity contribution in [3.8, 4) is 0 Å². The Balaban J connectivity index is 3.40. The molecule has 76 valence electrons. The maximum Gasteiger partial charge on any atom is 0.341 e. The monoisotopic (exact) mass is 268 g/mol. The first-order chi connectivity index (χ1) is 6.43. The van der Waals surface area contributed by atoms with E-state index in [-0.39, 0.29) is 4.47 Å². The van der Waals surface area contributed by atoms with Crippen LogP contribution in [0.2, 0.25) is 0 Å². The second-order valence-electron chi connectivity index (χ2n) is 2.30. The predicted molar refractivity (Wildman–Crippen MR) is 46.4 cm³/mol. The molecule has 0 saturated heterocycles. The normalized spacial score (nSPS) is 10.6. The van der Waals surface area contributed by atoms with E-state index in [1.54, 1.807) is 4.98 Å². The van der Waals surface area contributed by atoms with Crippen molar-refractivity contribution in [2.75, 3.05) is 0 Å². The topological polar surface area (TPSA) is 76.0 Å². The van der Waals surface area contributed by atoms with E-state index in [9.17, 15) is 23.7 Å². The van der Waals surface area contributed by atoms with Gasteiger partial charge in [0, 0.05) is 10.5 Å². The van der Waals surface area contributed by atoms with Crippen LogP contribution in [0.25, 0.3) is 0 Å². The predicted octanol–water partition coefficient (Wildman–Crippen LogP) is 1.98. The van der Waals surface area contributed by atoms with Crippen LogP contribution in [0.15, 0.2) is 15.3 Å². The first kappa shape index (κ1) is 10.8. The molecule has 0 aliphatic carbocycles. The van der Waals surface area contributed by atoms with E-state index in [0.717, 1.165) is 6.07 Å². The Morgan fingerprint density at radius 1 is 1.57 bits per heavy atom. The molecule has 0 aliphatic rings. The molecule has 8 heteroatoms. The zero-order valence-electron chi connectivity index (χ0n) is 6.46. The van der Waals surface area contributed by atoms with E-state index < -0.39 is 28.3 Å². The number of alkyl halides is 2. The smallest absolute Gasteiger partial charge is 0.341 e. The number of hydrogen-bond acceptors (Lipinski definition) is 3. The lowest BCUT2D eigenvalue weighted by molar-refractivity contribution is -0.389. The van der Waals surface area contributed by atoms with Crippen LogP contribution >= 0.6 is 15.9 Å². The van der Waals surface area contributed by atoms with E-state index in [1.165, 1.54) is 0 Å². The molecule has 0 spiro atoms. The summed E-state index contributed by atoms with van der Waals surface area (Å²) < 4.78 is 24.1. The van der Waals surface area contributed by atoms with Gasteiger partial charge >= 0.3 is 11.4 Å². The number of H-pyrrole nitrogens is 1. The lowest BCUT2D eigenvalue weighted by atomic mass is 10.3. The number of nitrogens with one attached hydrogen (secondary N) is 1. The summed E-state index contributed by atoms with van der Waals surface area (Å²) in [5.41, 5.74) is -1.98. The molecule has 14 heavy (non-hydrogen) atoms. The van der Waals surface area contributed by atoms with Gasteiger partial charge in [0.2, 0.25) is 0 Å². The highest BCUT2D eigenvalue weighted by molar-refractivity contribution is 9.10. The van der Waals surface area contributed by atoms with Crippen molar-refractivity contribution < 1.29 is 13.7 Å². The molecule has 0 aliphatic heterocycles. The maximum atomic E-state index is 12.2. The third kappa shape index (κ3) is 1.95. The van der Waals surface area contributed by atoms with E-state index in [2.05, 4.69) is 15.9 Å². The number of pyridine rings is 1. The minimum Gasteiger partial charge on any atom is -0.358 e. The number of halogens is 3. The molecule has 0 saturated carbocycles. The molecule has 0 aromatic carbocycles. The fourth-order valence-electron chi connectivity index (χ4n) is 0.828. The molecule has 1 aromatic heterocycles. The quantitative estimate of drug-likeness (QED) is 0.658. The summed E-state index contributed by atoms with van der Waals surface area (Å²) in [7, 11) is 0. The molecule has 0 fully saturated rings. The number of aromatic nitrogens is 1. The lowest BCUT2D eigenvalue weighted by Crippen LogP contribution is -2.15. The van der Waals surface area contributed by atoms with Crippen LogP contribution in [0, 0.1) is 10.1 Å². The molecule has 1 rings (SSSR count). The summed E-state index contributed by atoms with van der Waals surface area (Å²) in [6.45, 7) is 0. The zero-order chi connectivity index (χ0) is 10.9. The van der Waals surface area contributed by atoms with E-state index >= 15 is 0 Å². The zero-order valence-corrected chi connectivity index (χ0v) is 8.05. The molecule has 1 aromatic rings. The molecule has 0 unspecified atom stereocenters. The molecule has 0 atom stereocenters. The van der Waals surface area contributed by atoms with Gasteiger partial charge in [-0.25, -0.2) is 18.6 Å². The van der Waals surface area contributed by atoms with Crippen LogP contribution in [0.4, 0.5) is 14.6 Å². The van der Waals surface area contributed by atoms with E-state index in [4.69, 9.17) is 0 Å². The van der Waals surface area contributed by atoms with Crippen LogP contribution in [0.5, 0.6) is 0 Å². The van der Waals surface area contributed by atoms with Crippen molar-refractivity contribution in [1.82, 2.24) is 4.98 Å². The Morgan fingerprint density at radius 3 is 2.50 bits per heavy atom. The average Bonchev–Trinajstić information content (AvgIpc) is 2.01. The van der Waals surface area contributed by atoms with E-state index in [1.807, 2.05) is 0 Å². The van der Waals surface area contributed by atoms with Gasteiger partial charge in [-0.3, -0.25) is 0 Å². The van der Waals surface area contributed by atoms with Gasteiger partial charge in [-0.1, -0.05) is 0 Å². The second-order valence-corrected chi connectivity index (χ2v) is 3.16. The van der Waals surface area contributed by atoms with Crippen molar-refractivity contribution in [2.45, 2.75) is 6.43 Å². The average molecular weight is 269 g/mol. The summed E-state index contributed by atoms with van der Waals surface area (Å²) in [5.74, 6) is -0.633. The minimum absolute atomic E-state index is 0.275. The largest absolute Gasteiger partial charge is 0.358 e. The number of aromatic amines is 1. The van der Waals surface area contributed by atoms with Gasteiger partial charge in [0.15, 0.2) is 0 Å². The molecule has 0 bridgehead atoms. The highest BCUT2D eigenvalue weighted by Crippen LogP contribution is 2.25. The van der Waals surface area contributed by atoms with Crippen LogP contribution in [0.3, 0.4) is 0 Å². The summed E-state index contributed by atoms with van der Waals surface area (Å²) in [4.78, 5) is 22.0. The maximum absolute atomic E-state index is 12.2. The van der Waals surface area contributed by atoms with Gasteiger partial charge in [-0.2, -0.15) is 0 Å². The van der Waals surface area contributed by atoms with Gasteiger partial charge in [0.1, 0.15) is 5.56 Å². The Kier molecular flexibility index (Phi) is 2.94. The number of hydrogen-bond donors (Lipinski definition) is 1. The highest BCUT2D eigenvalue weighted by Gasteiger charge is 2.21. The highest BCUT2D eigenvalue weighted by atomic mass is 79.9. The standard InChI is InChI=1S/C6H3BrF2N2O3/c7-2-1-3(11(13)14)10-6(12)4(2)5(8)9/h1,5H,(H,10,12). The van der Waals surface area contributed by atoms with E-state index in [0.29, 0.717) is 0 Å². The van der Waals surface area contributed by atoms with Gasteiger partial charge in [-0.15, -0.1) is 0 Å². The van der Waals surface area contributed by atoms with Gasteiger partial charge in [-0.05, 0) is 20.9 Å². The second kappa shape index (κ2) is 3.82. The lowest BCUT2D eigenvalue weighted by Gasteiger charge is -2.00. The third-order valence-corrected chi connectivity index (χ3v) is 2.08. The van der Waals surface area contributed by atoms with Crippen LogP contribution < -0.4 is 5.56 Å². The van der Waals surface area contributed by atoms with Crippen LogP contribution in [-0.2, 0) is 0 Å².